The Morgan fingerprint density at radius 1 is 1.10 bits per heavy atom. The number of rotatable bonds is 3. The van der Waals surface area contributed by atoms with E-state index in [9.17, 15) is 30.3 Å². The van der Waals surface area contributed by atoms with Crippen molar-refractivity contribution >= 4 is 16.2 Å². The van der Waals surface area contributed by atoms with Gasteiger partial charge in [-0.25, -0.2) is 13.2 Å². The highest BCUT2D eigenvalue weighted by Crippen LogP contribution is 2.26. The Balaban J connectivity index is 2.17. The van der Waals surface area contributed by atoms with Crippen LogP contribution < -0.4 is 0 Å². The van der Waals surface area contributed by atoms with Gasteiger partial charge in [-0.3, -0.25) is 4.79 Å². The Morgan fingerprint density at radius 2 is 1.57 bits per heavy atom. The highest BCUT2D eigenvalue weighted by atomic mass is 32.3. The van der Waals surface area contributed by atoms with Gasteiger partial charge in [-0.1, -0.05) is 3.89 Å². The Hall–Kier alpha value is -1.48. The average Bonchev–Trinajstić information content (AvgIpc) is 2.36. The first-order chi connectivity index (χ1) is 9.70. The van der Waals surface area contributed by atoms with Crippen LogP contribution >= 0.6 is 0 Å². The SMILES string of the molecule is O=C(c1c(F)cc(F)cc1F)C1CCN(S(=O)(=O)F)CC1. The molecule has 2 rings (SSSR count). The van der Waals surface area contributed by atoms with Crippen LogP contribution in [0, 0.1) is 23.4 Å². The van der Waals surface area contributed by atoms with Gasteiger partial charge in [0.25, 0.3) is 0 Å². The summed E-state index contributed by atoms with van der Waals surface area (Å²) >= 11 is 0. The van der Waals surface area contributed by atoms with Crippen molar-refractivity contribution < 1.29 is 30.3 Å². The van der Waals surface area contributed by atoms with Gasteiger partial charge in [-0.15, -0.1) is 0 Å². The molecule has 0 bridgehead atoms. The number of halogens is 4. The first-order valence-electron chi connectivity index (χ1n) is 6.08. The third kappa shape index (κ3) is 3.41. The largest absolute Gasteiger partial charge is 0.374 e. The molecule has 116 valence electrons. The third-order valence-corrected chi connectivity index (χ3v) is 4.37. The standard InChI is InChI=1S/C12H11F4NO3S/c13-8-5-9(14)11(10(15)6-8)12(18)7-1-3-17(4-2-7)21(16,19)20/h5-7H,1-4H2. The van der Waals surface area contributed by atoms with E-state index in [4.69, 9.17) is 0 Å². The van der Waals surface area contributed by atoms with Crippen molar-refractivity contribution in [2.75, 3.05) is 13.1 Å². The van der Waals surface area contributed by atoms with Gasteiger partial charge in [0.05, 0.1) is 5.56 Å². The van der Waals surface area contributed by atoms with Crippen LogP contribution in [0.5, 0.6) is 0 Å². The summed E-state index contributed by atoms with van der Waals surface area (Å²) in [6, 6.07) is 0.801. The van der Waals surface area contributed by atoms with Crippen LogP contribution in [-0.2, 0) is 10.4 Å². The average molecular weight is 325 g/mol. The predicted octanol–water partition coefficient (Wildman–Crippen LogP) is 2.21. The molecule has 1 aliphatic rings. The summed E-state index contributed by atoms with van der Waals surface area (Å²) in [6.07, 6.45) is -0.115. The number of hydrogen-bond acceptors (Lipinski definition) is 3. The summed E-state index contributed by atoms with van der Waals surface area (Å²) < 4.78 is 74.5. The summed E-state index contributed by atoms with van der Waals surface area (Å²) in [5, 5.41) is 0. The monoisotopic (exact) mass is 325 g/mol. The minimum atomic E-state index is -4.84. The Bertz CT molecular complexity index is 646. The number of ketones is 1. The van der Waals surface area contributed by atoms with Gasteiger partial charge >= 0.3 is 10.4 Å². The zero-order valence-corrected chi connectivity index (χ0v) is 11.5. The molecule has 0 atom stereocenters. The summed E-state index contributed by atoms with van der Waals surface area (Å²) in [6.45, 7) is -0.501. The van der Waals surface area contributed by atoms with Gasteiger partial charge in [0, 0.05) is 31.1 Å². The fraction of sp³-hybridized carbons (Fsp3) is 0.417. The Kier molecular flexibility index (Phi) is 4.33. The first-order valence-corrected chi connectivity index (χ1v) is 7.42. The van der Waals surface area contributed by atoms with Crippen molar-refractivity contribution in [3.05, 3.63) is 35.1 Å². The molecule has 0 spiro atoms. The molecule has 0 unspecified atom stereocenters. The molecule has 1 aromatic carbocycles. The quantitative estimate of drug-likeness (QED) is 0.486. The highest BCUT2D eigenvalue weighted by molar-refractivity contribution is 7.83. The smallest absolute Gasteiger partial charge is 0.294 e. The van der Waals surface area contributed by atoms with Gasteiger partial charge < -0.3 is 0 Å². The zero-order chi connectivity index (χ0) is 15.8. The number of Topliss-reactive ketones (excluding diaryl/α,β-unsaturated/α-hetero) is 1. The van der Waals surface area contributed by atoms with Crippen molar-refractivity contribution in [3.63, 3.8) is 0 Å². The molecule has 0 aromatic heterocycles. The maximum absolute atomic E-state index is 13.5. The second-order valence-electron chi connectivity index (χ2n) is 4.72. The molecular formula is C12H11F4NO3S. The highest BCUT2D eigenvalue weighted by Gasteiger charge is 2.33. The molecular weight excluding hydrogens is 314 g/mol. The van der Waals surface area contributed by atoms with E-state index in [0.717, 1.165) is 0 Å². The van der Waals surface area contributed by atoms with Crippen molar-refractivity contribution in [1.82, 2.24) is 4.31 Å². The molecule has 0 amide bonds. The van der Waals surface area contributed by atoms with Crippen molar-refractivity contribution in [2.45, 2.75) is 12.8 Å². The van der Waals surface area contributed by atoms with E-state index in [1.165, 1.54) is 0 Å². The lowest BCUT2D eigenvalue weighted by Crippen LogP contribution is -2.38. The van der Waals surface area contributed by atoms with Crippen molar-refractivity contribution in [1.29, 1.82) is 0 Å². The maximum Gasteiger partial charge on any atom is 0.374 e. The maximum atomic E-state index is 13.5. The molecule has 1 fully saturated rings. The summed E-state index contributed by atoms with van der Waals surface area (Å²) in [5.41, 5.74) is -0.849. The Morgan fingerprint density at radius 3 is 2.00 bits per heavy atom. The Labute approximate surface area is 118 Å². The van der Waals surface area contributed by atoms with Crippen LogP contribution in [0.25, 0.3) is 0 Å². The van der Waals surface area contributed by atoms with Gasteiger partial charge in [-0.2, -0.15) is 12.7 Å². The van der Waals surface area contributed by atoms with E-state index >= 15 is 0 Å². The number of carbonyl (C=O) groups excluding carboxylic acids is 1. The van der Waals surface area contributed by atoms with Crippen LogP contribution in [0.4, 0.5) is 17.1 Å². The molecule has 21 heavy (non-hydrogen) atoms. The van der Waals surface area contributed by atoms with Gasteiger partial charge in [0.1, 0.15) is 17.5 Å². The van der Waals surface area contributed by atoms with E-state index in [0.29, 0.717) is 16.4 Å². The topological polar surface area (TPSA) is 54.5 Å². The molecule has 1 saturated heterocycles. The zero-order valence-electron chi connectivity index (χ0n) is 10.7. The number of carbonyl (C=O) groups is 1. The molecule has 1 aliphatic heterocycles. The van der Waals surface area contributed by atoms with Crippen LogP contribution in [0.1, 0.15) is 23.2 Å². The van der Waals surface area contributed by atoms with Crippen LogP contribution in [0.15, 0.2) is 12.1 Å². The molecule has 4 nitrogen and oxygen atoms in total. The molecule has 0 aliphatic carbocycles. The molecule has 0 N–H and O–H groups in total. The number of benzene rings is 1. The third-order valence-electron chi connectivity index (χ3n) is 3.39. The number of piperidine rings is 1. The minimum Gasteiger partial charge on any atom is -0.294 e. The number of hydrogen-bond donors (Lipinski definition) is 0. The van der Waals surface area contributed by atoms with E-state index in [1.54, 1.807) is 0 Å². The molecule has 0 saturated carbocycles. The molecule has 0 radical (unpaired) electrons. The summed E-state index contributed by atoms with van der Waals surface area (Å²) in [5.74, 6) is -5.46. The number of nitrogens with zero attached hydrogens (tertiary/aromatic N) is 1. The lowest BCUT2D eigenvalue weighted by molar-refractivity contribution is 0.0864. The minimum absolute atomic E-state index is 0.0573. The van der Waals surface area contributed by atoms with Gasteiger partial charge in [0.15, 0.2) is 5.78 Å². The normalized spacial score (nSPS) is 17.9. The van der Waals surface area contributed by atoms with Crippen molar-refractivity contribution in [2.24, 2.45) is 5.92 Å². The van der Waals surface area contributed by atoms with E-state index < -0.39 is 45.1 Å². The lowest BCUT2D eigenvalue weighted by Gasteiger charge is -2.27. The van der Waals surface area contributed by atoms with E-state index in [2.05, 4.69) is 0 Å². The van der Waals surface area contributed by atoms with Crippen LogP contribution in [0.2, 0.25) is 0 Å². The second-order valence-corrected chi connectivity index (χ2v) is 6.06. The summed E-state index contributed by atoms with van der Waals surface area (Å²) in [7, 11) is -4.84. The van der Waals surface area contributed by atoms with Gasteiger partial charge in [0.2, 0.25) is 0 Å². The fourth-order valence-corrected chi connectivity index (χ4v) is 2.96. The van der Waals surface area contributed by atoms with Crippen LogP contribution in [-0.4, -0.2) is 31.6 Å². The summed E-state index contributed by atoms with van der Waals surface area (Å²) in [4.78, 5) is 12.0. The molecule has 1 aromatic rings. The van der Waals surface area contributed by atoms with Crippen LogP contribution in [0.3, 0.4) is 0 Å². The fourth-order valence-electron chi connectivity index (χ4n) is 2.32. The molecule has 1 heterocycles. The predicted molar refractivity (Wildman–Crippen MR) is 65.0 cm³/mol. The van der Waals surface area contributed by atoms with Crippen molar-refractivity contribution in [3.8, 4) is 0 Å². The first kappa shape index (κ1) is 15.9. The lowest BCUT2D eigenvalue weighted by atomic mass is 9.89. The van der Waals surface area contributed by atoms with Gasteiger partial charge in [-0.05, 0) is 12.8 Å². The second kappa shape index (κ2) is 5.72. The van der Waals surface area contributed by atoms with E-state index in [1.807, 2.05) is 0 Å². The molecule has 9 heteroatoms. The van der Waals surface area contributed by atoms with E-state index in [-0.39, 0.29) is 25.9 Å².